The molecule has 0 aliphatic carbocycles. The van der Waals surface area contributed by atoms with Gasteiger partial charge in [-0.15, -0.1) is 0 Å². The summed E-state index contributed by atoms with van der Waals surface area (Å²) in [5.41, 5.74) is 0.618. The summed E-state index contributed by atoms with van der Waals surface area (Å²) in [5.74, 6) is -1.90. The number of nitro benzene ring substituents is 1. The summed E-state index contributed by atoms with van der Waals surface area (Å²) in [4.78, 5) is 61.8. The number of hydrogen-bond donors (Lipinski definition) is 1. The van der Waals surface area contributed by atoms with Gasteiger partial charge in [0, 0.05) is 19.0 Å². The summed E-state index contributed by atoms with van der Waals surface area (Å²) >= 11 is 0. The van der Waals surface area contributed by atoms with Crippen molar-refractivity contribution >= 4 is 29.4 Å². The smallest absolute Gasteiger partial charge is 0.308 e. The van der Waals surface area contributed by atoms with Gasteiger partial charge in [0.2, 0.25) is 5.91 Å². The molecule has 1 heterocycles. The second kappa shape index (κ2) is 10.7. The largest absolute Gasteiger partial charge is 0.463 e. The maximum Gasteiger partial charge on any atom is 0.308 e. The van der Waals surface area contributed by atoms with Crippen LogP contribution >= 0.6 is 0 Å². The Balaban J connectivity index is 1.65. The van der Waals surface area contributed by atoms with Gasteiger partial charge < -0.3 is 10.1 Å². The van der Waals surface area contributed by atoms with E-state index in [9.17, 15) is 29.3 Å². The van der Waals surface area contributed by atoms with Gasteiger partial charge in [0.15, 0.2) is 0 Å². The van der Waals surface area contributed by atoms with E-state index >= 15 is 0 Å². The van der Waals surface area contributed by atoms with Crippen LogP contribution in [0.3, 0.4) is 0 Å². The zero-order chi connectivity index (χ0) is 24.8. The molecule has 1 N–H and O–H groups in total. The van der Waals surface area contributed by atoms with E-state index in [1.807, 2.05) is 0 Å². The molecule has 3 rings (SSSR count). The molecule has 0 spiro atoms. The van der Waals surface area contributed by atoms with Crippen molar-refractivity contribution in [3.05, 3.63) is 75.3 Å². The molecule has 10 heteroatoms. The van der Waals surface area contributed by atoms with Crippen molar-refractivity contribution in [2.45, 2.75) is 45.3 Å². The molecule has 0 bridgehead atoms. The summed E-state index contributed by atoms with van der Waals surface area (Å²) in [5, 5.41) is 14.1. The highest BCUT2D eigenvalue weighted by Gasteiger charge is 2.34. The van der Waals surface area contributed by atoms with E-state index in [1.165, 1.54) is 18.2 Å². The topological polar surface area (TPSA) is 136 Å². The molecule has 178 valence electrons. The molecule has 0 saturated heterocycles. The number of amides is 3. The zero-order valence-corrected chi connectivity index (χ0v) is 18.9. The first kappa shape index (κ1) is 24.6. The number of hydrogen-bond acceptors (Lipinski definition) is 7. The maximum absolute atomic E-state index is 12.6. The van der Waals surface area contributed by atoms with Crippen molar-refractivity contribution in [3.63, 3.8) is 0 Å². The van der Waals surface area contributed by atoms with Gasteiger partial charge in [-0.3, -0.25) is 34.2 Å². The van der Waals surface area contributed by atoms with E-state index < -0.39 is 34.7 Å². The standard InChI is InChI=1S/C24H25N3O7/c1-15(2)34-22(29)14-19(18-10-5-6-11-20(18)27(32)33)25-21(28)12-7-13-26-23(30)16-8-3-4-9-17(16)24(26)31/h3-6,8-11,15,19H,7,12-14H2,1-2H3,(H,25,28). The average Bonchev–Trinajstić information content (AvgIpc) is 3.03. The fourth-order valence-corrected chi connectivity index (χ4v) is 3.77. The first-order chi connectivity index (χ1) is 16.2. The van der Waals surface area contributed by atoms with E-state index in [-0.39, 0.29) is 43.2 Å². The lowest BCUT2D eigenvalue weighted by Crippen LogP contribution is -2.34. The number of para-hydroxylation sites is 1. The van der Waals surface area contributed by atoms with Crippen LogP contribution in [0, 0.1) is 10.1 Å². The Morgan fingerprint density at radius 1 is 1.03 bits per heavy atom. The summed E-state index contributed by atoms with van der Waals surface area (Å²) < 4.78 is 5.15. The van der Waals surface area contributed by atoms with Crippen molar-refractivity contribution in [1.82, 2.24) is 10.2 Å². The molecule has 1 atom stereocenters. The van der Waals surface area contributed by atoms with E-state index in [2.05, 4.69) is 5.32 Å². The van der Waals surface area contributed by atoms with Crippen LogP contribution in [0.2, 0.25) is 0 Å². The number of nitrogens with one attached hydrogen (secondary N) is 1. The summed E-state index contributed by atoms with van der Waals surface area (Å²) in [6.45, 7) is 3.40. The van der Waals surface area contributed by atoms with Crippen LogP contribution in [0.5, 0.6) is 0 Å². The number of nitrogens with zero attached hydrogens (tertiary/aromatic N) is 2. The van der Waals surface area contributed by atoms with Crippen molar-refractivity contribution in [2.24, 2.45) is 0 Å². The second-order valence-electron chi connectivity index (χ2n) is 8.09. The molecule has 2 aromatic carbocycles. The van der Waals surface area contributed by atoms with Crippen LogP contribution in [-0.4, -0.2) is 46.2 Å². The van der Waals surface area contributed by atoms with Gasteiger partial charge in [0.05, 0.1) is 40.2 Å². The molecule has 0 saturated carbocycles. The van der Waals surface area contributed by atoms with Gasteiger partial charge in [0.1, 0.15) is 0 Å². The predicted octanol–water partition coefficient (Wildman–Crippen LogP) is 3.17. The summed E-state index contributed by atoms with van der Waals surface area (Å²) in [7, 11) is 0. The van der Waals surface area contributed by atoms with E-state index in [1.54, 1.807) is 44.2 Å². The molecule has 1 unspecified atom stereocenters. The molecule has 0 fully saturated rings. The number of fused-ring (bicyclic) bond motifs is 1. The summed E-state index contributed by atoms with van der Waals surface area (Å²) in [6, 6.07) is 11.4. The Morgan fingerprint density at radius 2 is 1.62 bits per heavy atom. The van der Waals surface area contributed by atoms with Gasteiger partial charge in [-0.05, 0) is 32.4 Å². The van der Waals surface area contributed by atoms with Crippen molar-refractivity contribution in [3.8, 4) is 0 Å². The molecule has 3 amide bonds. The van der Waals surface area contributed by atoms with Gasteiger partial charge in [0.25, 0.3) is 17.5 Å². The fourth-order valence-electron chi connectivity index (χ4n) is 3.77. The van der Waals surface area contributed by atoms with Gasteiger partial charge in [-0.2, -0.15) is 0 Å². The minimum absolute atomic E-state index is 0.0469. The highest BCUT2D eigenvalue weighted by atomic mass is 16.6. The van der Waals surface area contributed by atoms with Crippen LogP contribution in [0.25, 0.3) is 0 Å². The summed E-state index contributed by atoms with van der Waals surface area (Å²) in [6.07, 6.45) is -0.525. The molecule has 0 aromatic heterocycles. The SMILES string of the molecule is CC(C)OC(=O)CC(NC(=O)CCCN1C(=O)c2ccccc2C1=O)c1ccccc1[N+](=O)[O-]. The van der Waals surface area contributed by atoms with E-state index in [4.69, 9.17) is 4.74 Å². The number of nitro groups is 1. The molecule has 1 aliphatic heterocycles. The average molecular weight is 467 g/mol. The van der Waals surface area contributed by atoms with Gasteiger partial charge in [-0.1, -0.05) is 30.3 Å². The van der Waals surface area contributed by atoms with Crippen molar-refractivity contribution in [2.75, 3.05) is 6.54 Å². The number of benzene rings is 2. The molecule has 2 aromatic rings. The third-order valence-corrected chi connectivity index (χ3v) is 5.25. The molecule has 34 heavy (non-hydrogen) atoms. The van der Waals surface area contributed by atoms with E-state index in [0.29, 0.717) is 11.1 Å². The lowest BCUT2D eigenvalue weighted by atomic mass is 10.0. The predicted molar refractivity (Wildman–Crippen MR) is 121 cm³/mol. The lowest BCUT2D eigenvalue weighted by molar-refractivity contribution is -0.385. The Hall–Kier alpha value is -4.08. The minimum atomic E-state index is -0.973. The fraction of sp³-hybridized carbons (Fsp3) is 0.333. The van der Waals surface area contributed by atoms with Gasteiger partial charge >= 0.3 is 5.97 Å². The van der Waals surface area contributed by atoms with Crippen LogP contribution in [0.1, 0.15) is 65.4 Å². The van der Waals surface area contributed by atoms with E-state index in [0.717, 1.165) is 4.90 Å². The Morgan fingerprint density at radius 3 is 2.21 bits per heavy atom. The molecule has 0 radical (unpaired) electrons. The number of esters is 1. The highest BCUT2D eigenvalue weighted by molar-refractivity contribution is 6.21. The lowest BCUT2D eigenvalue weighted by Gasteiger charge is -2.20. The van der Waals surface area contributed by atoms with Crippen LogP contribution in [0.15, 0.2) is 48.5 Å². The highest BCUT2D eigenvalue weighted by Crippen LogP contribution is 2.28. The van der Waals surface area contributed by atoms with Crippen molar-refractivity contribution < 1.29 is 28.8 Å². The van der Waals surface area contributed by atoms with Crippen molar-refractivity contribution in [1.29, 1.82) is 0 Å². The maximum atomic E-state index is 12.6. The third kappa shape index (κ3) is 5.64. The first-order valence-electron chi connectivity index (χ1n) is 10.9. The first-order valence-corrected chi connectivity index (χ1v) is 10.9. The van der Waals surface area contributed by atoms with Crippen LogP contribution < -0.4 is 5.32 Å². The second-order valence-corrected chi connectivity index (χ2v) is 8.09. The quantitative estimate of drug-likeness (QED) is 0.245. The molecule has 10 nitrogen and oxygen atoms in total. The number of rotatable bonds is 10. The third-order valence-electron chi connectivity index (χ3n) is 5.25. The molecule has 1 aliphatic rings. The van der Waals surface area contributed by atoms with Crippen LogP contribution in [0.4, 0.5) is 5.69 Å². The number of ether oxygens (including phenoxy) is 1. The van der Waals surface area contributed by atoms with Crippen LogP contribution in [-0.2, 0) is 14.3 Å². The number of imide groups is 1. The molecular weight excluding hydrogens is 442 g/mol. The number of carbonyl (C=O) groups is 4. The Bertz CT molecular complexity index is 1090. The minimum Gasteiger partial charge on any atom is -0.463 e. The monoisotopic (exact) mass is 467 g/mol. The zero-order valence-electron chi connectivity index (χ0n) is 18.9. The normalized spacial score (nSPS) is 13.6. The Labute approximate surface area is 196 Å². The van der Waals surface area contributed by atoms with Gasteiger partial charge in [-0.25, -0.2) is 0 Å². The Kier molecular flexibility index (Phi) is 7.72. The molecular formula is C24H25N3O7. The number of carbonyl (C=O) groups excluding carboxylic acids is 4.